The van der Waals surface area contributed by atoms with Gasteiger partial charge in [-0.15, -0.1) is 21.5 Å². The summed E-state index contributed by atoms with van der Waals surface area (Å²) in [6.45, 7) is 7.69. The third-order valence-corrected chi connectivity index (χ3v) is 12.4. The van der Waals surface area contributed by atoms with Crippen LogP contribution in [-0.4, -0.2) is 74.8 Å². The van der Waals surface area contributed by atoms with Gasteiger partial charge in [0.2, 0.25) is 17.7 Å². The maximum Gasteiger partial charge on any atom is 0.251 e. The van der Waals surface area contributed by atoms with Crippen LogP contribution >= 0.6 is 22.9 Å². The highest BCUT2D eigenvalue weighted by atomic mass is 35.5. The number of carbonyl (C=O) groups is 4. The number of unbranched alkanes of at least 4 members (excludes halogenated alkanes) is 2. The lowest BCUT2D eigenvalue weighted by Crippen LogP contribution is -2.56. The van der Waals surface area contributed by atoms with Gasteiger partial charge in [0, 0.05) is 58.9 Å². The number of benzene rings is 1. The van der Waals surface area contributed by atoms with Crippen molar-refractivity contribution < 1.29 is 19.2 Å². The Labute approximate surface area is 312 Å². The fraction of sp³-hybridized carbons (Fsp3) is 0.541. The van der Waals surface area contributed by atoms with E-state index in [1.807, 2.05) is 37.4 Å². The predicted molar refractivity (Wildman–Crippen MR) is 198 cm³/mol. The van der Waals surface area contributed by atoms with Gasteiger partial charge in [-0.2, -0.15) is 5.10 Å². The SMILES string of the molecule is Cc1sc2c(c1C)C(c1ccc(Cl)cc1)N[C@@H](CC(=O)NCCCCCNC1CCC3C(=O)N(C4CCC(=O)NC4=O)N=CC3C1)c1nnc(C)n1-2. The number of fused-ring (bicyclic) bond motifs is 4. The maximum atomic E-state index is 13.3. The molecular formula is C37H46ClN9O4S. The van der Waals surface area contributed by atoms with Crippen LogP contribution in [0.25, 0.3) is 5.00 Å². The van der Waals surface area contributed by atoms with Crippen molar-refractivity contribution >= 4 is 52.8 Å². The van der Waals surface area contributed by atoms with E-state index in [1.54, 1.807) is 11.3 Å². The third-order valence-electron chi connectivity index (χ3n) is 11.0. The van der Waals surface area contributed by atoms with Gasteiger partial charge >= 0.3 is 0 Å². The van der Waals surface area contributed by atoms with Crippen LogP contribution < -0.4 is 21.3 Å². The topological polar surface area (TPSA) is 163 Å². The van der Waals surface area contributed by atoms with E-state index < -0.39 is 11.9 Å². The summed E-state index contributed by atoms with van der Waals surface area (Å²) in [7, 11) is 0. The molecule has 7 rings (SSSR count). The second kappa shape index (κ2) is 15.6. The van der Waals surface area contributed by atoms with Crippen LogP contribution in [0.15, 0.2) is 29.4 Å². The highest BCUT2D eigenvalue weighted by molar-refractivity contribution is 7.14. The van der Waals surface area contributed by atoms with Gasteiger partial charge in [-0.3, -0.25) is 34.4 Å². The van der Waals surface area contributed by atoms with E-state index in [1.165, 1.54) is 21.0 Å². The average Bonchev–Trinajstić information content (AvgIpc) is 3.60. The number of nitrogens with zero attached hydrogens (tertiary/aromatic N) is 5. The summed E-state index contributed by atoms with van der Waals surface area (Å²) in [5.74, 6) is 0.495. The lowest BCUT2D eigenvalue weighted by Gasteiger charge is -2.40. The molecule has 1 saturated heterocycles. The van der Waals surface area contributed by atoms with Crippen molar-refractivity contribution in [3.05, 3.63) is 62.5 Å². The number of rotatable bonds is 11. The van der Waals surface area contributed by atoms with Crippen LogP contribution in [0.5, 0.6) is 0 Å². The van der Waals surface area contributed by atoms with Gasteiger partial charge in [-0.1, -0.05) is 30.2 Å². The van der Waals surface area contributed by atoms with Gasteiger partial charge < -0.3 is 10.6 Å². The van der Waals surface area contributed by atoms with Crippen LogP contribution in [0.2, 0.25) is 5.02 Å². The summed E-state index contributed by atoms with van der Waals surface area (Å²) >= 11 is 7.97. The smallest absolute Gasteiger partial charge is 0.251 e. The van der Waals surface area contributed by atoms with Crippen LogP contribution in [-0.2, 0) is 19.2 Å². The van der Waals surface area contributed by atoms with E-state index >= 15 is 0 Å². The van der Waals surface area contributed by atoms with Crippen molar-refractivity contribution in [2.24, 2.45) is 16.9 Å². The van der Waals surface area contributed by atoms with E-state index in [4.69, 9.17) is 11.6 Å². The first-order valence-corrected chi connectivity index (χ1v) is 19.5. The first kappa shape index (κ1) is 36.4. The van der Waals surface area contributed by atoms with Gasteiger partial charge in [0.05, 0.1) is 12.1 Å². The van der Waals surface area contributed by atoms with Crippen molar-refractivity contribution in [2.75, 3.05) is 13.1 Å². The minimum atomic E-state index is -0.710. The Morgan fingerprint density at radius 1 is 1.02 bits per heavy atom. The lowest BCUT2D eigenvalue weighted by molar-refractivity contribution is -0.150. The van der Waals surface area contributed by atoms with Crippen molar-refractivity contribution in [3.8, 4) is 5.00 Å². The van der Waals surface area contributed by atoms with Gasteiger partial charge in [0.1, 0.15) is 16.9 Å². The monoisotopic (exact) mass is 747 g/mol. The number of hydrogen-bond donors (Lipinski definition) is 4. The van der Waals surface area contributed by atoms with Crippen LogP contribution in [0.3, 0.4) is 0 Å². The number of aromatic nitrogens is 3. The highest BCUT2D eigenvalue weighted by Gasteiger charge is 2.44. The molecule has 4 amide bonds. The molecule has 4 aliphatic rings. The average molecular weight is 748 g/mol. The number of piperidine rings is 1. The molecule has 0 spiro atoms. The van der Waals surface area contributed by atoms with Crippen LogP contribution in [0.4, 0.5) is 0 Å². The zero-order chi connectivity index (χ0) is 36.5. The normalized spacial score (nSPS) is 25.6. The fourth-order valence-corrected chi connectivity index (χ4v) is 9.41. The van der Waals surface area contributed by atoms with Gasteiger partial charge in [0.15, 0.2) is 5.82 Å². The molecule has 3 aliphatic heterocycles. The molecule has 15 heteroatoms. The van der Waals surface area contributed by atoms with E-state index in [2.05, 4.69) is 55.0 Å². The number of hydrazone groups is 1. The van der Waals surface area contributed by atoms with E-state index in [9.17, 15) is 19.2 Å². The van der Waals surface area contributed by atoms with Gasteiger partial charge in [-0.25, -0.2) is 5.01 Å². The molecule has 0 bridgehead atoms. The molecule has 13 nitrogen and oxygen atoms in total. The number of carbonyl (C=O) groups excluding carboxylic acids is 4. The molecule has 6 atom stereocenters. The van der Waals surface area contributed by atoms with E-state index in [0.29, 0.717) is 24.0 Å². The van der Waals surface area contributed by atoms with Crippen molar-refractivity contribution in [1.82, 2.24) is 41.0 Å². The maximum absolute atomic E-state index is 13.3. The van der Waals surface area contributed by atoms with E-state index in [-0.39, 0.29) is 54.5 Å². The highest BCUT2D eigenvalue weighted by Crippen LogP contribution is 2.43. The molecule has 1 aliphatic carbocycles. The fourth-order valence-electron chi connectivity index (χ4n) is 8.03. The third kappa shape index (κ3) is 7.43. The largest absolute Gasteiger partial charge is 0.356 e. The molecule has 276 valence electrons. The summed E-state index contributed by atoms with van der Waals surface area (Å²) in [6.07, 6.45) is 7.85. The zero-order valence-corrected chi connectivity index (χ0v) is 31.4. The van der Waals surface area contributed by atoms with E-state index in [0.717, 1.165) is 67.3 Å². The Bertz CT molecular complexity index is 1870. The first-order chi connectivity index (χ1) is 25.1. The molecule has 3 aromatic rings. The molecule has 5 heterocycles. The number of imide groups is 1. The first-order valence-electron chi connectivity index (χ1n) is 18.3. The number of nitrogens with one attached hydrogen (secondary N) is 4. The molecule has 2 aromatic heterocycles. The van der Waals surface area contributed by atoms with Crippen LogP contribution in [0.1, 0.15) is 103 Å². The minimum absolute atomic E-state index is 0.0348. The summed E-state index contributed by atoms with van der Waals surface area (Å²) in [4.78, 5) is 51.6. The summed E-state index contributed by atoms with van der Waals surface area (Å²) < 4.78 is 2.11. The lowest BCUT2D eigenvalue weighted by atomic mass is 9.76. The number of hydrogen-bond acceptors (Lipinski definition) is 10. The minimum Gasteiger partial charge on any atom is -0.356 e. The standard InChI is InChI=1S/C37H46ClN9O4S/c1-20-21(2)52-37-32(20)33(23-7-9-25(38)10-8-23)42-28(34-45-44-22(3)46(34)37)18-31(49)40-16-6-4-5-15-39-26-11-12-27-24(17-26)19-41-47(36(27)51)29-13-14-30(48)43-35(29)50/h7-10,19,24,26-29,33,39,42H,4-6,11-18H2,1-3H3,(H,40,49)(H,43,48,50)/t24?,26?,27?,28-,29?,33?/m0/s1. The van der Waals surface area contributed by atoms with Gasteiger partial charge in [-0.05, 0) is 89.1 Å². The van der Waals surface area contributed by atoms with Crippen molar-refractivity contribution in [2.45, 2.75) is 103 Å². The predicted octanol–water partition coefficient (Wildman–Crippen LogP) is 4.33. The molecule has 52 heavy (non-hydrogen) atoms. The molecule has 1 saturated carbocycles. The Kier molecular flexibility index (Phi) is 10.9. The van der Waals surface area contributed by atoms with Gasteiger partial charge in [0.25, 0.3) is 5.91 Å². The Balaban J connectivity index is 0.870. The number of halogens is 1. The quantitative estimate of drug-likeness (QED) is 0.167. The Hall–Kier alpha value is -3.98. The molecule has 1 aromatic carbocycles. The van der Waals surface area contributed by atoms with Crippen LogP contribution in [0, 0.1) is 32.6 Å². The summed E-state index contributed by atoms with van der Waals surface area (Å²) in [5, 5.41) is 29.3. The molecule has 2 fully saturated rings. The number of thiophene rings is 1. The van der Waals surface area contributed by atoms with Crippen molar-refractivity contribution in [3.63, 3.8) is 0 Å². The van der Waals surface area contributed by atoms with Crippen molar-refractivity contribution in [1.29, 1.82) is 0 Å². The summed E-state index contributed by atoms with van der Waals surface area (Å²) in [5.41, 5.74) is 3.47. The second-order valence-electron chi connectivity index (χ2n) is 14.4. The number of amides is 4. The molecule has 4 N–H and O–H groups in total. The molecular weight excluding hydrogens is 702 g/mol. The Morgan fingerprint density at radius 2 is 1.81 bits per heavy atom. The zero-order valence-electron chi connectivity index (χ0n) is 29.8. The summed E-state index contributed by atoms with van der Waals surface area (Å²) in [6, 6.07) is 6.99. The Morgan fingerprint density at radius 3 is 2.60 bits per heavy atom. The molecule has 0 radical (unpaired) electrons. The molecule has 5 unspecified atom stereocenters. The number of aryl methyl sites for hydroxylation is 2. The second-order valence-corrected chi connectivity index (χ2v) is 16.0.